The number of fused-ring (bicyclic) bond motifs is 1. The largest absolute Gasteiger partial charge is 0.493 e. The van der Waals surface area contributed by atoms with Gasteiger partial charge in [0.15, 0.2) is 11.5 Å². The lowest BCUT2D eigenvalue weighted by molar-refractivity contribution is 0.00716. The Kier molecular flexibility index (Phi) is 3.85. The number of carbonyl (C=O) groups is 1. The van der Waals surface area contributed by atoms with Gasteiger partial charge in [-0.3, -0.25) is 0 Å². The van der Waals surface area contributed by atoms with Crippen LogP contribution >= 0.6 is 0 Å². The molecule has 2 rings (SSSR count). The highest BCUT2D eigenvalue weighted by Gasteiger charge is 2.22. The number of methoxy groups -OCH3 is 2. The van der Waals surface area contributed by atoms with Crippen LogP contribution in [0.5, 0.6) is 11.5 Å². The SMILES string of the molecule is COc1cc2c(C(=O)OC(C)(C)C)cn(C)c2cc1OC. The van der Waals surface area contributed by atoms with E-state index in [4.69, 9.17) is 14.2 Å². The third kappa shape index (κ3) is 2.96. The molecule has 0 amide bonds. The summed E-state index contributed by atoms with van der Waals surface area (Å²) >= 11 is 0. The first-order valence-electron chi connectivity index (χ1n) is 6.71. The fourth-order valence-electron chi connectivity index (χ4n) is 2.20. The van der Waals surface area contributed by atoms with Crippen molar-refractivity contribution in [2.75, 3.05) is 14.2 Å². The number of aromatic nitrogens is 1. The van der Waals surface area contributed by atoms with Crippen LogP contribution in [0.4, 0.5) is 0 Å². The molecule has 1 aromatic heterocycles. The molecule has 5 nitrogen and oxygen atoms in total. The van der Waals surface area contributed by atoms with Crippen molar-refractivity contribution in [1.29, 1.82) is 0 Å². The first-order chi connectivity index (χ1) is 9.76. The molecule has 5 heteroatoms. The first-order valence-corrected chi connectivity index (χ1v) is 6.71. The van der Waals surface area contributed by atoms with E-state index in [1.54, 1.807) is 26.5 Å². The van der Waals surface area contributed by atoms with Crippen molar-refractivity contribution in [2.24, 2.45) is 7.05 Å². The number of hydrogen-bond donors (Lipinski definition) is 0. The predicted octanol–water partition coefficient (Wildman–Crippen LogP) is 3.15. The summed E-state index contributed by atoms with van der Waals surface area (Å²) in [5.74, 6) is 0.864. The minimum atomic E-state index is -0.532. The van der Waals surface area contributed by atoms with Crippen molar-refractivity contribution in [1.82, 2.24) is 4.57 Å². The number of carbonyl (C=O) groups excluding carboxylic acids is 1. The van der Waals surface area contributed by atoms with Crippen molar-refractivity contribution in [3.63, 3.8) is 0 Å². The third-order valence-electron chi connectivity index (χ3n) is 3.11. The second kappa shape index (κ2) is 5.31. The van der Waals surface area contributed by atoms with E-state index in [0.717, 1.165) is 10.9 Å². The molecule has 114 valence electrons. The minimum Gasteiger partial charge on any atom is -0.493 e. The zero-order valence-corrected chi connectivity index (χ0v) is 13.3. The average Bonchev–Trinajstić information content (AvgIpc) is 2.72. The highest BCUT2D eigenvalue weighted by atomic mass is 16.6. The molecule has 0 aliphatic carbocycles. The maximum absolute atomic E-state index is 12.3. The summed E-state index contributed by atoms with van der Waals surface area (Å²) in [7, 11) is 5.03. The Bertz CT molecular complexity index is 680. The molecule has 0 N–H and O–H groups in total. The van der Waals surface area contributed by atoms with E-state index >= 15 is 0 Å². The molecule has 2 aromatic rings. The molecule has 21 heavy (non-hydrogen) atoms. The van der Waals surface area contributed by atoms with Crippen molar-refractivity contribution >= 4 is 16.9 Å². The number of rotatable bonds is 3. The maximum Gasteiger partial charge on any atom is 0.340 e. The minimum absolute atomic E-state index is 0.347. The van der Waals surface area contributed by atoms with Gasteiger partial charge in [0.2, 0.25) is 0 Å². The third-order valence-corrected chi connectivity index (χ3v) is 3.11. The Labute approximate surface area is 124 Å². The second-order valence-electron chi connectivity index (χ2n) is 5.88. The Hall–Kier alpha value is -2.17. The van der Waals surface area contributed by atoms with Gasteiger partial charge in [-0.1, -0.05) is 0 Å². The van der Waals surface area contributed by atoms with Gasteiger partial charge >= 0.3 is 5.97 Å². The van der Waals surface area contributed by atoms with Gasteiger partial charge in [-0.25, -0.2) is 4.79 Å². The molecule has 0 aliphatic rings. The van der Waals surface area contributed by atoms with Crippen molar-refractivity contribution < 1.29 is 19.0 Å². The molecule has 0 unspecified atom stereocenters. The van der Waals surface area contributed by atoms with E-state index in [2.05, 4.69) is 0 Å². The molecule has 0 saturated carbocycles. The topological polar surface area (TPSA) is 49.7 Å². The van der Waals surface area contributed by atoms with Crippen LogP contribution < -0.4 is 9.47 Å². The predicted molar refractivity (Wildman–Crippen MR) is 81.2 cm³/mol. The summed E-state index contributed by atoms with van der Waals surface area (Å²) in [6.07, 6.45) is 1.76. The molecular weight excluding hydrogens is 270 g/mol. The lowest BCUT2D eigenvalue weighted by atomic mass is 10.1. The maximum atomic E-state index is 12.3. The zero-order valence-electron chi connectivity index (χ0n) is 13.3. The molecule has 0 radical (unpaired) electrons. The van der Waals surface area contributed by atoms with Gasteiger partial charge in [-0.05, 0) is 26.8 Å². The molecule has 0 saturated heterocycles. The molecule has 1 aromatic carbocycles. The molecule has 1 heterocycles. The van der Waals surface area contributed by atoms with Crippen LogP contribution in [0.15, 0.2) is 18.3 Å². The van der Waals surface area contributed by atoms with Gasteiger partial charge in [-0.2, -0.15) is 0 Å². The van der Waals surface area contributed by atoms with E-state index in [0.29, 0.717) is 17.1 Å². The van der Waals surface area contributed by atoms with Gasteiger partial charge in [0.25, 0.3) is 0 Å². The van der Waals surface area contributed by atoms with Crippen LogP contribution in [0.2, 0.25) is 0 Å². The summed E-state index contributed by atoms with van der Waals surface area (Å²) in [6, 6.07) is 3.65. The lowest BCUT2D eigenvalue weighted by Crippen LogP contribution is -2.23. The first kappa shape index (κ1) is 15.2. The van der Waals surface area contributed by atoms with Gasteiger partial charge in [0, 0.05) is 24.7 Å². The monoisotopic (exact) mass is 291 g/mol. The van der Waals surface area contributed by atoms with Gasteiger partial charge < -0.3 is 18.8 Å². The van der Waals surface area contributed by atoms with Gasteiger partial charge in [0.05, 0.1) is 25.3 Å². The van der Waals surface area contributed by atoms with Crippen molar-refractivity contribution in [3.05, 3.63) is 23.9 Å². The molecule has 0 bridgehead atoms. The summed E-state index contributed by atoms with van der Waals surface area (Å²) in [5, 5.41) is 0.782. The van der Waals surface area contributed by atoms with Crippen LogP contribution in [-0.4, -0.2) is 30.4 Å². The Balaban J connectivity index is 2.58. The van der Waals surface area contributed by atoms with Crippen LogP contribution in [0.1, 0.15) is 31.1 Å². The van der Waals surface area contributed by atoms with E-state index in [9.17, 15) is 4.79 Å². The highest BCUT2D eigenvalue weighted by molar-refractivity contribution is 6.05. The van der Waals surface area contributed by atoms with E-state index < -0.39 is 5.60 Å². The summed E-state index contributed by atoms with van der Waals surface area (Å²) in [6.45, 7) is 5.54. The Morgan fingerprint density at radius 3 is 2.19 bits per heavy atom. The second-order valence-corrected chi connectivity index (χ2v) is 5.88. The van der Waals surface area contributed by atoms with Crippen molar-refractivity contribution in [3.8, 4) is 11.5 Å². The fourth-order valence-corrected chi connectivity index (χ4v) is 2.20. The zero-order chi connectivity index (χ0) is 15.8. The fraction of sp³-hybridized carbons (Fsp3) is 0.438. The van der Waals surface area contributed by atoms with Gasteiger partial charge in [-0.15, -0.1) is 0 Å². The van der Waals surface area contributed by atoms with Crippen LogP contribution in [0.25, 0.3) is 10.9 Å². The van der Waals surface area contributed by atoms with Crippen molar-refractivity contribution in [2.45, 2.75) is 26.4 Å². The molecule has 0 fully saturated rings. The molecule has 0 atom stereocenters. The number of nitrogens with zero attached hydrogens (tertiary/aromatic N) is 1. The van der Waals surface area contributed by atoms with Crippen LogP contribution in [0, 0.1) is 0 Å². The standard InChI is InChI=1S/C16H21NO4/c1-16(2,3)21-15(18)11-9-17(4)12-8-14(20-6)13(19-5)7-10(11)12/h7-9H,1-6H3. The van der Waals surface area contributed by atoms with Crippen LogP contribution in [-0.2, 0) is 11.8 Å². The normalized spacial score (nSPS) is 11.5. The number of benzene rings is 1. The lowest BCUT2D eigenvalue weighted by Gasteiger charge is -2.19. The number of ether oxygens (including phenoxy) is 3. The summed E-state index contributed by atoms with van der Waals surface area (Å²) in [5.41, 5.74) is 0.868. The quantitative estimate of drug-likeness (QED) is 0.815. The number of aryl methyl sites for hydroxylation is 1. The van der Waals surface area contributed by atoms with E-state index in [1.165, 1.54) is 0 Å². The van der Waals surface area contributed by atoms with Crippen LogP contribution in [0.3, 0.4) is 0 Å². The number of esters is 1. The molecule has 0 spiro atoms. The Morgan fingerprint density at radius 1 is 1.10 bits per heavy atom. The average molecular weight is 291 g/mol. The number of hydrogen-bond acceptors (Lipinski definition) is 4. The molecular formula is C16H21NO4. The van der Waals surface area contributed by atoms with Gasteiger partial charge in [0.1, 0.15) is 5.60 Å². The van der Waals surface area contributed by atoms with E-state index in [1.807, 2.05) is 38.5 Å². The highest BCUT2D eigenvalue weighted by Crippen LogP contribution is 2.34. The smallest absolute Gasteiger partial charge is 0.340 e. The van der Waals surface area contributed by atoms with E-state index in [-0.39, 0.29) is 5.97 Å². The summed E-state index contributed by atoms with van der Waals surface area (Å²) < 4.78 is 17.9. The Morgan fingerprint density at radius 2 is 1.67 bits per heavy atom. The molecule has 0 aliphatic heterocycles. The summed E-state index contributed by atoms with van der Waals surface area (Å²) in [4.78, 5) is 12.3.